The van der Waals surface area contributed by atoms with Crippen molar-refractivity contribution in [2.45, 2.75) is 57.7 Å². The van der Waals surface area contributed by atoms with Gasteiger partial charge in [-0.25, -0.2) is 9.59 Å². The van der Waals surface area contributed by atoms with Gasteiger partial charge in [-0.05, 0) is 37.5 Å². The summed E-state index contributed by atoms with van der Waals surface area (Å²) in [7, 11) is 0. The number of carbonyl (C=O) groups excluding carboxylic acids is 2. The van der Waals surface area contributed by atoms with Crippen molar-refractivity contribution in [1.29, 1.82) is 0 Å². The molecule has 0 spiro atoms. The zero-order valence-corrected chi connectivity index (χ0v) is 23.2. The molecule has 0 bridgehead atoms. The van der Waals surface area contributed by atoms with Crippen LogP contribution < -0.4 is 5.32 Å². The first-order chi connectivity index (χ1) is 19.3. The first kappa shape index (κ1) is 29.1. The molecule has 4 rings (SSSR count). The van der Waals surface area contributed by atoms with E-state index in [4.69, 9.17) is 14.2 Å². The molecule has 3 aromatic carbocycles. The fraction of sp³-hybridized carbons (Fsp3) is 0.375. The lowest BCUT2D eigenvalue weighted by Crippen LogP contribution is -2.46. The second-order valence-corrected chi connectivity index (χ2v) is 10.9. The maximum Gasteiger partial charge on any atom is 0.411 e. The molecule has 8 heteroatoms. The van der Waals surface area contributed by atoms with E-state index in [1.165, 1.54) is 4.90 Å². The van der Waals surface area contributed by atoms with E-state index in [0.717, 1.165) is 16.7 Å². The SMILES string of the molecule is CC(C)(C)OC(=O)NC1C(COCc2ccccc2)C(CO)N(C(=O)OCc2ccccc2)C1c1ccccc1. The van der Waals surface area contributed by atoms with Gasteiger partial charge in [-0.3, -0.25) is 4.90 Å². The highest BCUT2D eigenvalue weighted by molar-refractivity contribution is 5.72. The van der Waals surface area contributed by atoms with E-state index >= 15 is 0 Å². The normalized spacial score (nSPS) is 20.6. The molecular formula is C32H38N2O6. The second kappa shape index (κ2) is 13.5. The van der Waals surface area contributed by atoms with Gasteiger partial charge >= 0.3 is 12.2 Å². The zero-order chi connectivity index (χ0) is 28.5. The minimum absolute atomic E-state index is 0.0785. The number of benzene rings is 3. The summed E-state index contributed by atoms with van der Waals surface area (Å²) in [5.41, 5.74) is 1.92. The highest BCUT2D eigenvalue weighted by Gasteiger charge is 2.53. The molecule has 4 atom stereocenters. The van der Waals surface area contributed by atoms with Crippen LogP contribution in [0.2, 0.25) is 0 Å². The number of hydrogen-bond acceptors (Lipinski definition) is 6. The van der Waals surface area contributed by atoms with Gasteiger partial charge in [0.25, 0.3) is 0 Å². The van der Waals surface area contributed by atoms with E-state index in [-0.39, 0.29) is 19.8 Å². The van der Waals surface area contributed by atoms with Crippen molar-refractivity contribution < 1.29 is 28.9 Å². The maximum atomic E-state index is 13.7. The summed E-state index contributed by atoms with van der Waals surface area (Å²) in [6.07, 6.45) is -1.19. The van der Waals surface area contributed by atoms with Gasteiger partial charge in [0.2, 0.25) is 0 Å². The predicted molar refractivity (Wildman–Crippen MR) is 151 cm³/mol. The number of aliphatic hydroxyl groups is 1. The summed E-state index contributed by atoms with van der Waals surface area (Å²) >= 11 is 0. The summed E-state index contributed by atoms with van der Waals surface area (Å²) in [5.74, 6) is -0.448. The zero-order valence-electron chi connectivity index (χ0n) is 23.2. The summed E-state index contributed by atoms with van der Waals surface area (Å²) < 4.78 is 17.4. The van der Waals surface area contributed by atoms with Gasteiger partial charge in [0.05, 0.1) is 37.9 Å². The van der Waals surface area contributed by atoms with E-state index < -0.39 is 41.8 Å². The van der Waals surface area contributed by atoms with Crippen molar-refractivity contribution in [3.8, 4) is 0 Å². The number of aliphatic hydroxyl groups excluding tert-OH is 1. The number of rotatable bonds is 9. The molecule has 212 valence electrons. The first-order valence-corrected chi connectivity index (χ1v) is 13.5. The van der Waals surface area contributed by atoms with Crippen LogP contribution in [-0.2, 0) is 27.4 Å². The summed E-state index contributed by atoms with van der Waals surface area (Å²) in [6.45, 7) is 5.65. The third-order valence-corrected chi connectivity index (χ3v) is 6.80. The largest absolute Gasteiger partial charge is 0.445 e. The lowest BCUT2D eigenvalue weighted by atomic mass is 9.91. The van der Waals surface area contributed by atoms with Crippen LogP contribution in [0.3, 0.4) is 0 Å². The third-order valence-electron chi connectivity index (χ3n) is 6.80. The van der Waals surface area contributed by atoms with Crippen molar-refractivity contribution in [3.05, 3.63) is 108 Å². The van der Waals surface area contributed by atoms with Crippen LogP contribution >= 0.6 is 0 Å². The lowest BCUT2D eigenvalue weighted by molar-refractivity contribution is 0.0342. The molecule has 8 nitrogen and oxygen atoms in total. The fourth-order valence-electron chi connectivity index (χ4n) is 5.07. The van der Waals surface area contributed by atoms with E-state index in [0.29, 0.717) is 6.61 Å². The standard InChI is InChI=1S/C32H38N2O6/c1-32(2,3)40-30(36)33-28-26(22-38-20-23-13-7-4-8-14-23)27(19-35)34(29(28)25-17-11-6-12-18-25)31(37)39-21-24-15-9-5-10-16-24/h4-18,26-29,35H,19-22H2,1-3H3,(H,33,36). The Hall–Kier alpha value is -3.88. The Morgan fingerprint density at radius 1 is 0.850 bits per heavy atom. The summed E-state index contributed by atoms with van der Waals surface area (Å²) in [5, 5.41) is 13.6. The third kappa shape index (κ3) is 7.61. The summed E-state index contributed by atoms with van der Waals surface area (Å²) in [4.78, 5) is 28.3. The van der Waals surface area contributed by atoms with Crippen molar-refractivity contribution in [2.24, 2.45) is 5.92 Å². The maximum absolute atomic E-state index is 13.7. The van der Waals surface area contributed by atoms with Crippen LogP contribution in [0.5, 0.6) is 0 Å². The highest BCUT2D eigenvalue weighted by Crippen LogP contribution is 2.41. The molecule has 0 radical (unpaired) electrons. The van der Waals surface area contributed by atoms with Crippen LogP contribution in [0.15, 0.2) is 91.0 Å². The molecule has 0 aromatic heterocycles. The van der Waals surface area contributed by atoms with Gasteiger partial charge in [-0.15, -0.1) is 0 Å². The molecule has 4 unspecified atom stereocenters. The van der Waals surface area contributed by atoms with E-state index in [2.05, 4.69) is 5.32 Å². The molecule has 0 saturated carbocycles. The lowest BCUT2D eigenvalue weighted by Gasteiger charge is -2.31. The first-order valence-electron chi connectivity index (χ1n) is 13.5. The Balaban J connectivity index is 1.65. The second-order valence-electron chi connectivity index (χ2n) is 10.9. The number of carbonyl (C=O) groups is 2. The highest BCUT2D eigenvalue weighted by atomic mass is 16.6. The van der Waals surface area contributed by atoms with Crippen LogP contribution in [-0.4, -0.2) is 53.1 Å². The van der Waals surface area contributed by atoms with Gasteiger partial charge in [0, 0.05) is 5.92 Å². The molecule has 3 aromatic rings. The van der Waals surface area contributed by atoms with E-state index in [1.54, 1.807) is 20.8 Å². The van der Waals surface area contributed by atoms with Crippen LogP contribution in [0, 0.1) is 5.92 Å². The number of amides is 2. The number of likely N-dealkylation sites (tertiary alicyclic amines) is 1. The van der Waals surface area contributed by atoms with Crippen molar-refractivity contribution in [1.82, 2.24) is 10.2 Å². The van der Waals surface area contributed by atoms with Crippen molar-refractivity contribution in [3.63, 3.8) is 0 Å². The molecule has 1 aliphatic rings. The van der Waals surface area contributed by atoms with Gasteiger partial charge in [0.15, 0.2) is 0 Å². The molecule has 2 N–H and O–H groups in total. The van der Waals surface area contributed by atoms with Crippen LogP contribution in [0.25, 0.3) is 0 Å². The molecule has 1 fully saturated rings. The number of hydrogen-bond donors (Lipinski definition) is 2. The molecular weight excluding hydrogens is 508 g/mol. The average molecular weight is 547 g/mol. The smallest absolute Gasteiger partial charge is 0.411 e. The quantitative estimate of drug-likeness (QED) is 0.370. The van der Waals surface area contributed by atoms with E-state index in [1.807, 2.05) is 91.0 Å². The minimum Gasteiger partial charge on any atom is -0.445 e. The molecule has 2 amide bonds. The molecule has 1 aliphatic heterocycles. The molecule has 1 saturated heterocycles. The average Bonchev–Trinajstić information content (AvgIpc) is 3.25. The number of nitrogens with zero attached hydrogens (tertiary/aromatic N) is 1. The molecule has 40 heavy (non-hydrogen) atoms. The van der Waals surface area contributed by atoms with Crippen LogP contribution in [0.1, 0.15) is 43.5 Å². The van der Waals surface area contributed by atoms with E-state index in [9.17, 15) is 14.7 Å². The van der Waals surface area contributed by atoms with Crippen LogP contribution in [0.4, 0.5) is 9.59 Å². The van der Waals surface area contributed by atoms with Gasteiger partial charge in [-0.2, -0.15) is 0 Å². The summed E-state index contributed by atoms with van der Waals surface area (Å²) in [6, 6.07) is 26.7. The number of nitrogens with one attached hydrogen (secondary N) is 1. The van der Waals surface area contributed by atoms with Gasteiger partial charge in [0.1, 0.15) is 12.2 Å². The van der Waals surface area contributed by atoms with Gasteiger partial charge in [-0.1, -0.05) is 91.0 Å². The topological polar surface area (TPSA) is 97.3 Å². The Kier molecular flexibility index (Phi) is 9.79. The Labute approximate surface area is 235 Å². The predicted octanol–water partition coefficient (Wildman–Crippen LogP) is 5.47. The Morgan fingerprint density at radius 2 is 1.40 bits per heavy atom. The minimum atomic E-state index is -0.713. The Morgan fingerprint density at radius 3 is 1.95 bits per heavy atom. The molecule has 1 heterocycles. The Bertz CT molecular complexity index is 1220. The fourth-order valence-corrected chi connectivity index (χ4v) is 5.07. The molecule has 0 aliphatic carbocycles. The number of alkyl carbamates (subject to hydrolysis) is 1. The van der Waals surface area contributed by atoms with Gasteiger partial charge < -0.3 is 24.6 Å². The van der Waals surface area contributed by atoms with Crippen molar-refractivity contribution >= 4 is 12.2 Å². The number of ether oxygens (including phenoxy) is 3. The van der Waals surface area contributed by atoms with Crippen molar-refractivity contribution in [2.75, 3.05) is 13.2 Å². The monoisotopic (exact) mass is 546 g/mol.